The molecule has 202 valence electrons. The third-order valence-electron chi connectivity index (χ3n) is 6.17. The van der Waals surface area contributed by atoms with Crippen molar-refractivity contribution in [3.05, 3.63) is 93.9 Å². The Bertz CT molecular complexity index is 1370. The molecule has 0 aliphatic rings. The van der Waals surface area contributed by atoms with Crippen LogP contribution in [0.3, 0.4) is 0 Å². The number of sulfonamides is 1. The third kappa shape index (κ3) is 7.36. The second kappa shape index (κ2) is 13.3. The van der Waals surface area contributed by atoms with Crippen LogP contribution in [0.4, 0.5) is 5.69 Å². The summed E-state index contributed by atoms with van der Waals surface area (Å²) in [6.07, 6.45) is 0.725. The number of carbonyl (C=O) groups is 2. The molecule has 0 heterocycles. The molecule has 10 heteroatoms. The smallest absolute Gasteiger partial charge is 0.264 e. The number of anilines is 1. The van der Waals surface area contributed by atoms with E-state index in [0.29, 0.717) is 20.7 Å². The summed E-state index contributed by atoms with van der Waals surface area (Å²) in [6.45, 7) is 4.98. The van der Waals surface area contributed by atoms with Crippen molar-refractivity contribution in [2.24, 2.45) is 0 Å². The Morgan fingerprint density at radius 3 is 2.26 bits per heavy atom. The number of benzene rings is 3. The van der Waals surface area contributed by atoms with Gasteiger partial charge in [-0.2, -0.15) is 0 Å². The molecule has 0 aliphatic heterocycles. The Morgan fingerprint density at radius 1 is 0.974 bits per heavy atom. The predicted molar refractivity (Wildman–Crippen MR) is 154 cm³/mol. The molecule has 0 saturated carbocycles. The predicted octanol–water partition coefficient (Wildman–Crippen LogP) is 5.63. The number of hydrogen-bond acceptors (Lipinski definition) is 4. The normalized spacial score (nSPS) is 12.9. The van der Waals surface area contributed by atoms with Gasteiger partial charge in [0.1, 0.15) is 12.6 Å². The average Bonchev–Trinajstić information content (AvgIpc) is 2.91. The molecule has 0 fully saturated rings. The highest BCUT2D eigenvalue weighted by Crippen LogP contribution is 2.27. The average molecular weight is 621 g/mol. The zero-order chi connectivity index (χ0) is 27.9. The van der Waals surface area contributed by atoms with Crippen LogP contribution < -0.4 is 9.62 Å². The highest BCUT2D eigenvalue weighted by Gasteiger charge is 2.33. The fourth-order valence-corrected chi connectivity index (χ4v) is 5.75. The number of amides is 2. The molecule has 1 N–H and O–H groups in total. The minimum atomic E-state index is -4.11. The lowest BCUT2D eigenvalue weighted by atomic mass is 10.1. The molecule has 2 atom stereocenters. The van der Waals surface area contributed by atoms with Gasteiger partial charge < -0.3 is 10.2 Å². The van der Waals surface area contributed by atoms with Crippen molar-refractivity contribution in [2.45, 2.75) is 50.7 Å². The van der Waals surface area contributed by atoms with Gasteiger partial charge in [-0.1, -0.05) is 76.9 Å². The molecule has 38 heavy (non-hydrogen) atoms. The van der Waals surface area contributed by atoms with Gasteiger partial charge in [0.15, 0.2) is 0 Å². The van der Waals surface area contributed by atoms with Crippen LogP contribution in [0.5, 0.6) is 0 Å². The van der Waals surface area contributed by atoms with E-state index in [-0.39, 0.29) is 23.4 Å². The highest BCUT2D eigenvalue weighted by atomic mass is 79.9. The lowest BCUT2D eigenvalue weighted by Gasteiger charge is -2.32. The molecular weight excluding hydrogens is 590 g/mol. The Hall–Kier alpha value is -2.88. The van der Waals surface area contributed by atoms with Crippen LogP contribution >= 0.6 is 27.5 Å². The van der Waals surface area contributed by atoms with Crippen LogP contribution in [0.1, 0.15) is 32.8 Å². The Morgan fingerprint density at radius 2 is 1.63 bits per heavy atom. The first kappa shape index (κ1) is 29.7. The first-order valence-corrected chi connectivity index (χ1v) is 14.8. The Labute approximate surface area is 238 Å². The molecule has 0 saturated heterocycles. The van der Waals surface area contributed by atoms with Gasteiger partial charge in [-0.15, -0.1) is 0 Å². The molecular formula is C28H31BrClN3O4S. The molecule has 0 radical (unpaired) electrons. The molecule has 2 unspecified atom stereocenters. The fourth-order valence-electron chi connectivity index (χ4n) is 3.74. The molecule has 3 rings (SSSR count). The van der Waals surface area contributed by atoms with Crippen molar-refractivity contribution in [3.63, 3.8) is 0 Å². The van der Waals surface area contributed by atoms with Gasteiger partial charge >= 0.3 is 0 Å². The lowest BCUT2D eigenvalue weighted by Crippen LogP contribution is -2.52. The summed E-state index contributed by atoms with van der Waals surface area (Å²) in [4.78, 5) is 28.4. The lowest BCUT2D eigenvalue weighted by molar-refractivity contribution is -0.139. The van der Waals surface area contributed by atoms with E-state index in [9.17, 15) is 18.0 Å². The van der Waals surface area contributed by atoms with Crippen molar-refractivity contribution in [2.75, 3.05) is 10.8 Å². The summed E-state index contributed by atoms with van der Waals surface area (Å²) in [7, 11) is -4.11. The largest absolute Gasteiger partial charge is 0.352 e. The van der Waals surface area contributed by atoms with E-state index in [1.54, 1.807) is 73.7 Å². The number of rotatable bonds is 11. The second-order valence-corrected chi connectivity index (χ2v) is 12.1. The number of halogens is 2. The van der Waals surface area contributed by atoms with Gasteiger partial charge in [0.25, 0.3) is 10.0 Å². The number of hydrogen-bond donors (Lipinski definition) is 1. The van der Waals surface area contributed by atoms with Crippen LogP contribution in [0.15, 0.2) is 88.2 Å². The maximum absolute atomic E-state index is 13.9. The Kier molecular flexibility index (Phi) is 10.4. The van der Waals surface area contributed by atoms with E-state index in [4.69, 9.17) is 11.6 Å². The van der Waals surface area contributed by atoms with Gasteiger partial charge in [-0.3, -0.25) is 13.9 Å². The monoisotopic (exact) mass is 619 g/mol. The fraction of sp³-hybridized carbons (Fsp3) is 0.286. The van der Waals surface area contributed by atoms with Crippen molar-refractivity contribution in [3.8, 4) is 0 Å². The summed E-state index contributed by atoms with van der Waals surface area (Å²) in [5, 5.41) is 3.35. The molecule has 7 nitrogen and oxygen atoms in total. The zero-order valence-corrected chi connectivity index (χ0v) is 24.6. The topological polar surface area (TPSA) is 86.8 Å². The summed E-state index contributed by atoms with van der Waals surface area (Å²) in [5.74, 6) is -0.879. The van der Waals surface area contributed by atoms with Crippen molar-refractivity contribution < 1.29 is 18.0 Å². The first-order valence-electron chi connectivity index (χ1n) is 12.2. The second-order valence-electron chi connectivity index (χ2n) is 8.91. The SMILES string of the molecule is CCC(C)NC(=O)C(C)N(Cc1ccccc1Cl)C(=O)CN(c1cccc(Br)c1)S(=O)(=O)c1ccccc1. The molecule has 0 spiro atoms. The van der Waals surface area contributed by atoms with Crippen molar-refractivity contribution in [1.29, 1.82) is 0 Å². The van der Waals surface area contributed by atoms with E-state index in [2.05, 4.69) is 21.2 Å². The molecule has 3 aromatic carbocycles. The highest BCUT2D eigenvalue weighted by molar-refractivity contribution is 9.10. The quantitative estimate of drug-likeness (QED) is 0.301. The van der Waals surface area contributed by atoms with Crippen LogP contribution in [0.25, 0.3) is 0 Å². The van der Waals surface area contributed by atoms with E-state index < -0.39 is 28.5 Å². The van der Waals surface area contributed by atoms with Crippen LogP contribution in [0, 0.1) is 0 Å². The zero-order valence-electron chi connectivity index (χ0n) is 21.5. The van der Waals surface area contributed by atoms with Crippen molar-refractivity contribution in [1.82, 2.24) is 10.2 Å². The maximum Gasteiger partial charge on any atom is 0.264 e. The summed E-state index contributed by atoms with van der Waals surface area (Å²) in [6, 6.07) is 20.7. The van der Waals surface area contributed by atoms with E-state index >= 15 is 0 Å². The first-order chi connectivity index (χ1) is 18.0. The summed E-state index contributed by atoms with van der Waals surface area (Å²) >= 11 is 9.77. The molecule has 0 aromatic heterocycles. The standard InChI is InChI=1S/C28H31BrClN3O4S/c1-4-20(2)31-28(35)21(3)32(18-22-11-8-9-16-26(22)30)27(34)19-33(24-13-10-12-23(29)17-24)38(36,37)25-14-6-5-7-15-25/h5-17,20-21H,4,18-19H2,1-3H3,(H,31,35). The van der Waals surface area contributed by atoms with Crippen molar-refractivity contribution >= 4 is 55.1 Å². The minimum Gasteiger partial charge on any atom is -0.352 e. The maximum atomic E-state index is 13.9. The van der Waals surface area contributed by atoms with Gasteiger partial charge in [0.05, 0.1) is 10.6 Å². The van der Waals surface area contributed by atoms with E-state index in [0.717, 1.165) is 10.7 Å². The molecule has 3 aromatic rings. The Balaban J connectivity index is 2.03. The number of nitrogens with zero attached hydrogens (tertiary/aromatic N) is 2. The number of nitrogens with one attached hydrogen (secondary N) is 1. The van der Waals surface area contributed by atoms with Crippen LogP contribution in [0.2, 0.25) is 5.02 Å². The molecule has 0 aliphatic carbocycles. The van der Waals surface area contributed by atoms with Gasteiger partial charge in [0.2, 0.25) is 11.8 Å². The summed E-state index contributed by atoms with van der Waals surface area (Å²) in [5.41, 5.74) is 0.955. The minimum absolute atomic E-state index is 0.0330. The van der Waals surface area contributed by atoms with Gasteiger partial charge in [0, 0.05) is 22.1 Å². The van der Waals surface area contributed by atoms with E-state index in [1.165, 1.54) is 17.0 Å². The summed E-state index contributed by atoms with van der Waals surface area (Å²) < 4.78 is 29.2. The van der Waals surface area contributed by atoms with Crippen LogP contribution in [-0.2, 0) is 26.2 Å². The van der Waals surface area contributed by atoms with Gasteiger partial charge in [-0.25, -0.2) is 8.42 Å². The van der Waals surface area contributed by atoms with Crippen LogP contribution in [-0.4, -0.2) is 43.8 Å². The molecule has 0 bridgehead atoms. The molecule has 2 amide bonds. The third-order valence-corrected chi connectivity index (χ3v) is 8.82. The van der Waals surface area contributed by atoms with E-state index in [1.807, 2.05) is 13.8 Å². The van der Waals surface area contributed by atoms with Gasteiger partial charge in [-0.05, 0) is 62.2 Å². The number of carbonyl (C=O) groups excluding carboxylic acids is 2.